The largest absolute Gasteiger partial charge is 0.399 e. The van der Waals surface area contributed by atoms with Crippen molar-refractivity contribution in [1.82, 2.24) is 0 Å². The van der Waals surface area contributed by atoms with E-state index in [0.29, 0.717) is 11.3 Å². The van der Waals surface area contributed by atoms with Gasteiger partial charge in [-0.2, -0.15) is 0 Å². The first-order chi connectivity index (χ1) is 8.07. The number of nitrogens with zero attached hydrogens (tertiary/aromatic N) is 3. The average Bonchev–Trinajstić information content (AvgIpc) is 2.32. The summed E-state index contributed by atoms with van der Waals surface area (Å²) in [5.74, 6) is 0. The molecule has 0 radical (unpaired) electrons. The predicted octanol–water partition coefficient (Wildman–Crippen LogP) is 1.67. The lowest BCUT2D eigenvalue weighted by Gasteiger charge is -2.20. The highest BCUT2D eigenvalue weighted by Gasteiger charge is 2.19. The Morgan fingerprint density at radius 1 is 1.47 bits per heavy atom. The number of rotatable bonds is 5. The van der Waals surface area contributed by atoms with E-state index >= 15 is 0 Å². The molecule has 2 atom stereocenters. The molecule has 0 aliphatic heterocycles. The van der Waals surface area contributed by atoms with E-state index in [0.717, 1.165) is 5.56 Å². The normalized spacial score (nSPS) is 13.8. The van der Waals surface area contributed by atoms with E-state index < -0.39 is 12.2 Å². The summed E-state index contributed by atoms with van der Waals surface area (Å²) in [6.45, 7) is 1.93. The number of hydrogen-bond donors (Lipinski definition) is 3. The quantitative estimate of drug-likeness (QED) is 0.312. The molecule has 4 N–H and O–H groups in total. The van der Waals surface area contributed by atoms with Gasteiger partial charge in [-0.15, -0.1) is 0 Å². The van der Waals surface area contributed by atoms with E-state index in [-0.39, 0.29) is 13.0 Å². The highest BCUT2D eigenvalue weighted by Crippen LogP contribution is 2.25. The first kappa shape index (κ1) is 13.3. The molecule has 0 aliphatic carbocycles. The lowest BCUT2D eigenvalue weighted by Crippen LogP contribution is -2.20. The maximum absolute atomic E-state index is 9.95. The molecule has 1 aromatic carbocycles. The highest BCUT2D eigenvalue weighted by molar-refractivity contribution is 5.50. The maximum atomic E-state index is 9.95. The molecular weight excluding hydrogens is 220 g/mol. The molecule has 6 nitrogen and oxygen atoms in total. The molecule has 0 amide bonds. The van der Waals surface area contributed by atoms with Crippen molar-refractivity contribution in [3.63, 3.8) is 0 Å². The topological polar surface area (TPSA) is 115 Å². The summed E-state index contributed by atoms with van der Waals surface area (Å²) in [5.41, 5.74) is 15.8. The van der Waals surface area contributed by atoms with Gasteiger partial charge < -0.3 is 15.9 Å². The van der Waals surface area contributed by atoms with Crippen LogP contribution >= 0.6 is 0 Å². The van der Waals surface area contributed by atoms with Crippen molar-refractivity contribution in [1.29, 1.82) is 0 Å². The first-order valence-corrected chi connectivity index (χ1v) is 5.30. The second kappa shape index (κ2) is 6.10. The van der Waals surface area contributed by atoms with Crippen LogP contribution in [0.4, 0.5) is 5.69 Å². The molecular formula is C11H16N4O2. The van der Waals surface area contributed by atoms with E-state index in [2.05, 4.69) is 10.0 Å². The number of nitrogens with two attached hydrogens (primary N) is 1. The minimum absolute atomic E-state index is 0.149. The van der Waals surface area contributed by atoms with Gasteiger partial charge in [0.25, 0.3) is 0 Å². The van der Waals surface area contributed by atoms with Crippen LogP contribution in [0.2, 0.25) is 0 Å². The van der Waals surface area contributed by atoms with Crippen LogP contribution in [0.1, 0.15) is 23.7 Å². The van der Waals surface area contributed by atoms with Crippen molar-refractivity contribution in [3.8, 4) is 0 Å². The fraction of sp³-hybridized carbons (Fsp3) is 0.455. The molecule has 0 aliphatic rings. The van der Waals surface area contributed by atoms with Crippen molar-refractivity contribution in [3.05, 3.63) is 39.8 Å². The van der Waals surface area contributed by atoms with E-state index in [1.807, 2.05) is 0 Å². The third kappa shape index (κ3) is 3.35. The third-order valence-corrected chi connectivity index (χ3v) is 2.69. The molecule has 0 bridgehead atoms. The van der Waals surface area contributed by atoms with E-state index in [4.69, 9.17) is 11.3 Å². The maximum Gasteiger partial charge on any atom is 0.105 e. The fourth-order valence-corrected chi connectivity index (χ4v) is 1.59. The summed E-state index contributed by atoms with van der Waals surface area (Å²) >= 11 is 0. The molecule has 0 spiro atoms. The molecule has 0 saturated heterocycles. The summed E-state index contributed by atoms with van der Waals surface area (Å²) in [7, 11) is 0. The van der Waals surface area contributed by atoms with Gasteiger partial charge in [0, 0.05) is 17.1 Å². The van der Waals surface area contributed by atoms with Gasteiger partial charge in [0.2, 0.25) is 0 Å². The molecule has 0 heterocycles. The van der Waals surface area contributed by atoms with Crippen molar-refractivity contribution in [2.24, 2.45) is 5.11 Å². The third-order valence-electron chi connectivity index (χ3n) is 2.69. The summed E-state index contributed by atoms with van der Waals surface area (Å²) in [4.78, 5) is 2.58. The molecule has 17 heavy (non-hydrogen) atoms. The van der Waals surface area contributed by atoms with Gasteiger partial charge in [-0.05, 0) is 36.1 Å². The van der Waals surface area contributed by atoms with Crippen LogP contribution in [-0.2, 0) is 0 Å². The van der Waals surface area contributed by atoms with Gasteiger partial charge in [0.15, 0.2) is 0 Å². The SMILES string of the molecule is Cc1c(N)cccc1C(O)C(O)CCN=[N+]=[N-]. The zero-order chi connectivity index (χ0) is 12.8. The van der Waals surface area contributed by atoms with E-state index in [1.165, 1.54) is 0 Å². The number of aliphatic hydroxyl groups excluding tert-OH is 2. The number of nitrogen functional groups attached to an aromatic ring is 1. The van der Waals surface area contributed by atoms with Gasteiger partial charge in [-0.25, -0.2) is 0 Å². The van der Waals surface area contributed by atoms with Gasteiger partial charge in [-0.1, -0.05) is 17.2 Å². The highest BCUT2D eigenvalue weighted by atomic mass is 16.3. The molecule has 92 valence electrons. The minimum Gasteiger partial charge on any atom is -0.399 e. The van der Waals surface area contributed by atoms with Crippen LogP contribution in [0.15, 0.2) is 23.3 Å². The summed E-state index contributed by atoms with van der Waals surface area (Å²) in [5, 5.41) is 23.0. The Bertz CT molecular complexity index is 429. The standard InChI is InChI=1S/C11H16N4O2/c1-7-8(3-2-4-9(7)12)11(17)10(16)5-6-14-15-13/h2-4,10-11,16-17H,5-6,12H2,1H3. The van der Waals surface area contributed by atoms with Crippen LogP contribution in [-0.4, -0.2) is 22.9 Å². The smallest absolute Gasteiger partial charge is 0.105 e. The lowest BCUT2D eigenvalue weighted by atomic mass is 9.97. The summed E-state index contributed by atoms with van der Waals surface area (Å²) < 4.78 is 0. The lowest BCUT2D eigenvalue weighted by molar-refractivity contribution is 0.0147. The Balaban J connectivity index is 2.77. The summed E-state index contributed by atoms with van der Waals surface area (Å²) in [6.07, 6.45) is -1.78. The van der Waals surface area contributed by atoms with E-state index in [1.54, 1.807) is 25.1 Å². The Morgan fingerprint density at radius 3 is 2.82 bits per heavy atom. The van der Waals surface area contributed by atoms with E-state index in [9.17, 15) is 10.2 Å². The van der Waals surface area contributed by atoms with Gasteiger partial charge >= 0.3 is 0 Å². The Labute approximate surface area is 99.3 Å². The van der Waals surface area contributed by atoms with Gasteiger partial charge in [0.1, 0.15) is 6.10 Å². The van der Waals surface area contributed by atoms with Crippen LogP contribution in [0.3, 0.4) is 0 Å². The number of aliphatic hydroxyl groups is 2. The molecule has 2 unspecified atom stereocenters. The molecule has 0 saturated carbocycles. The van der Waals surface area contributed by atoms with Gasteiger partial charge in [-0.3, -0.25) is 0 Å². The number of benzene rings is 1. The van der Waals surface area contributed by atoms with Crippen LogP contribution in [0.25, 0.3) is 10.4 Å². The molecule has 0 aromatic heterocycles. The Kier molecular flexibility index (Phi) is 4.78. The number of anilines is 1. The number of azide groups is 1. The molecule has 0 fully saturated rings. The fourth-order valence-electron chi connectivity index (χ4n) is 1.59. The van der Waals surface area contributed by atoms with Crippen molar-refractivity contribution in [2.75, 3.05) is 12.3 Å². The van der Waals surface area contributed by atoms with Crippen molar-refractivity contribution >= 4 is 5.69 Å². The minimum atomic E-state index is -1.02. The zero-order valence-electron chi connectivity index (χ0n) is 9.61. The number of hydrogen-bond acceptors (Lipinski definition) is 4. The van der Waals surface area contributed by atoms with Gasteiger partial charge in [0.05, 0.1) is 6.10 Å². The summed E-state index contributed by atoms with van der Waals surface area (Å²) in [6, 6.07) is 5.17. The van der Waals surface area contributed by atoms with Crippen LogP contribution in [0.5, 0.6) is 0 Å². The molecule has 6 heteroatoms. The average molecular weight is 236 g/mol. The van der Waals surface area contributed by atoms with Crippen molar-refractivity contribution in [2.45, 2.75) is 25.6 Å². The zero-order valence-corrected chi connectivity index (χ0v) is 9.61. The second-order valence-electron chi connectivity index (χ2n) is 3.82. The molecule has 1 aromatic rings. The second-order valence-corrected chi connectivity index (χ2v) is 3.82. The Hall–Kier alpha value is -1.75. The monoisotopic (exact) mass is 236 g/mol. The predicted molar refractivity (Wildman–Crippen MR) is 65.2 cm³/mol. The molecule has 1 rings (SSSR count). The first-order valence-electron chi connectivity index (χ1n) is 5.30. The Morgan fingerprint density at radius 2 is 2.18 bits per heavy atom. The van der Waals surface area contributed by atoms with Crippen LogP contribution < -0.4 is 5.73 Å². The van der Waals surface area contributed by atoms with Crippen LogP contribution in [0, 0.1) is 6.92 Å². The van der Waals surface area contributed by atoms with Crippen molar-refractivity contribution < 1.29 is 10.2 Å².